The van der Waals surface area contributed by atoms with Gasteiger partial charge in [-0.05, 0) is 12.5 Å². The second-order valence-corrected chi connectivity index (χ2v) is 5.61. The van der Waals surface area contributed by atoms with Crippen LogP contribution in [-0.2, 0) is 27.4 Å². The zero-order valence-electron chi connectivity index (χ0n) is 14.1. The number of carboxylic acid groups (broad SMARTS) is 1. The Morgan fingerprint density at radius 3 is 2.58 bits per heavy atom. The number of amides is 2. The number of benzene rings is 1. The van der Waals surface area contributed by atoms with Gasteiger partial charge in [-0.15, -0.1) is 0 Å². The smallest absolute Gasteiger partial charge is 0.408 e. The Labute approximate surface area is 149 Å². The minimum atomic E-state index is -1.18. The van der Waals surface area contributed by atoms with Crippen molar-refractivity contribution in [2.24, 2.45) is 0 Å². The highest BCUT2D eigenvalue weighted by atomic mass is 16.5. The molecule has 1 heterocycles. The Morgan fingerprint density at radius 1 is 1.23 bits per heavy atom. The molecule has 0 fully saturated rings. The Hall–Kier alpha value is -3.36. The SMILES string of the molecule is C[C@@H](NC(=O)[C@H](Cc1cnc[nH]1)NC(=O)OCc1ccccc1)C(=O)O. The highest BCUT2D eigenvalue weighted by molar-refractivity contribution is 5.89. The molecule has 9 heteroatoms. The lowest BCUT2D eigenvalue weighted by molar-refractivity contribution is -0.141. The van der Waals surface area contributed by atoms with E-state index in [0.29, 0.717) is 5.69 Å². The van der Waals surface area contributed by atoms with E-state index in [9.17, 15) is 14.4 Å². The van der Waals surface area contributed by atoms with Gasteiger partial charge in [0.1, 0.15) is 18.7 Å². The molecule has 0 aliphatic heterocycles. The van der Waals surface area contributed by atoms with Gasteiger partial charge >= 0.3 is 12.1 Å². The van der Waals surface area contributed by atoms with Crippen LogP contribution in [0.25, 0.3) is 0 Å². The van der Waals surface area contributed by atoms with Crippen LogP contribution in [-0.4, -0.2) is 45.1 Å². The van der Waals surface area contributed by atoms with Crippen molar-refractivity contribution in [3.8, 4) is 0 Å². The number of carboxylic acids is 1. The summed E-state index contributed by atoms with van der Waals surface area (Å²) in [6.07, 6.45) is 2.28. The van der Waals surface area contributed by atoms with E-state index in [0.717, 1.165) is 5.56 Å². The number of imidazole rings is 1. The second kappa shape index (κ2) is 9.21. The van der Waals surface area contributed by atoms with E-state index in [1.54, 1.807) is 12.1 Å². The molecule has 2 atom stereocenters. The second-order valence-electron chi connectivity index (χ2n) is 5.61. The molecule has 2 aromatic rings. The van der Waals surface area contributed by atoms with E-state index in [4.69, 9.17) is 9.84 Å². The fraction of sp³-hybridized carbons (Fsp3) is 0.294. The van der Waals surface area contributed by atoms with Gasteiger partial charge in [-0.1, -0.05) is 30.3 Å². The van der Waals surface area contributed by atoms with Crippen LogP contribution < -0.4 is 10.6 Å². The minimum Gasteiger partial charge on any atom is -0.480 e. The van der Waals surface area contributed by atoms with E-state index in [2.05, 4.69) is 20.6 Å². The molecule has 1 aromatic carbocycles. The number of H-pyrrole nitrogens is 1. The van der Waals surface area contributed by atoms with Crippen LogP contribution >= 0.6 is 0 Å². The maximum absolute atomic E-state index is 12.3. The van der Waals surface area contributed by atoms with Crippen LogP contribution in [0.3, 0.4) is 0 Å². The maximum atomic E-state index is 12.3. The van der Waals surface area contributed by atoms with Gasteiger partial charge in [-0.3, -0.25) is 9.59 Å². The number of ether oxygens (including phenoxy) is 1. The monoisotopic (exact) mass is 360 g/mol. The summed E-state index contributed by atoms with van der Waals surface area (Å²) >= 11 is 0. The van der Waals surface area contributed by atoms with Crippen molar-refractivity contribution in [1.82, 2.24) is 20.6 Å². The lowest BCUT2D eigenvalue weighted by Gasteiger charge is -2.19. The van der Waals surface area contributed by atoms with Gasteiger partial charge in [0.25, 0.3) is 0 Å². The molecular formula is C17H20N4O5. The molecular weight excluding hydrogens is 340 g/mol. The third-order valence-electron chi connectivity index (χ3n) is 3.53. The molecule has 0 aliphatic carbocycles. The molecule has 0 radical (unpaired) electrons. The van der Waals surface area contributed by atoms with Crippen LogP contribution in [0.2, 0.25) is 0 Å². The third kappa shape index (κ3) is 5.93. The van der Waals surface area contributed by atoms with Crippen molar-refractivity contribution in [2.45, 2.75) is 32.0 Å². The van der Waals surface area contributed by atoms with E-state index in [1.165, 1.54) is 19.4 Å². The Kier molecular flexibility index (Phi) is 6.72. The number of hydrogen-bond acceptors (Lipinski definition) is 5. The largest absolute Gasteiger partial charge is 0.480 e. The number of carbonyl (C=O) groups is 3. The molecule has 0 saturated carbocycles. The van der Waals surface area contributed by atoms with Crippen molar-refractivity contribution in [1.29, 1.82) is 0 Å². The molecule has 138 valence electrons. The molecule has 9 nitrogen and oxygen atoms in total. The molecule has 2 rings (SSSR count). The molecule has 0 unspecified atom stereocenters. The fourth-order valence-corrected chi connectivity index (χ4v) is 2.11. The number of hydrogen-bond donors (Lipinski definition) is 4. The highest BCUT2D eigenvalue weighted by Crippen LogP contribution is 2.03. The predicted molar refractivity (Wildman–Crippen MR) is 91.1 cm³/mol. The van der Waals surface area contributed by atoms with Gasteiger partial charge in [-0.25, -0.2) is 9.78 Å². The van der Waals surface area contributed by atoms with Gasteiger partial charge in [0.2, 0.25) is 5.91 Å². The van der Waals surface area contributed by atoms with Gasteiger partial charge < -0.3 is 25.5 Å². The molecule has 26 heavy (non-hydrogen) atoms. The number of nitrogens with zero attached hydrogens (tertiary/aromatic N) is 1. The van der Waals surface area contributed by atoms with Gasteiger partial charge in [-0.2, -0.15) is 0 Å². The van der Waals surface area contributed by atoms with Crippen LogP contribution in [0.4, 0.5) is 4.79 Å². The van der Waals surface area contributed by atoms with Gasteiger partial charge in [0, 0.05) is 18.3 Å². The first-order valence-electron chi connectivity index (χ1n) is 7.93. The van der Waals surface area contributed by atoms with Crippen molar-refractivity contribution in [2.75, 3.05) is 0 Å². The number of nitrogens with one attached hydrogen (secondary N) is 3. The lowest BCUT2D eigenvalue weighted by atomic mass is 10.1. The zero-order chi connectivity index (χ0) is 18.9. The number of aromatic amines is 1. The summed E-state index contributed by atoms with van der Waals surface area (Å²) in [7, 11) is 0. The molecule has 0 saturated heterocycles. The average Bonchev–Trinajstić information content (AvgIpc) is 3.13. The first-order chi connectivity index (χ1) is 12.5. The third-order valence-corrected chi connectivity index (χ3v) is 3.53. The summed E-state index contributed by atoms with van der Waals surface area (Å²) in [6.45, 7) is 1.39. The fourth-order valence-electron chi connectivity index (χ4n) is 2.11. The van der Waals surface area contributed by atoms with Crippen molar-refractivity contribution in [3.05, 3.63) is 54.1 Å². The number of aromatic nitrogens is 2. The van der Waals surface area contributed by atoms with Crippen LogP contribution in [0.5, 0.6) is 0 Å². The predicted octanol–water partition coefficient (Wildman–Crippen LogP) is 0.836. The minimum absolute atomic E-state index is 0.0522. The first-order valence-corrected chi connectivity index (χ1v) is 7.93. The summed E-state index contributed by atoms with van der Waals surface area (Å²) in [4.78, 5) is 41.9. The van der Waals surface area contributed by atoms with Crippen molar-refractivity contribution < 1.29 is 24.2 Å². The molecule has 0 aliphatic rings. The topological polar surface area (TPSA) is 133 Å². The number of alkyl carbamates (subject to hydrolysis) is 1. The maximum Gasteiger partial charge on any atom is 0.408 e. The quantitative estimate of drug-likeness (QED) is 0.551. The number of aliphatic carboxylic acids is 1. The molecule has 0 spiro atoms. The van der Waals surface area contributed by atoms with E-state index < -0.39 is 30.1 Å². The summed E-state index contributed by atoms with van der Waals surface area (Å²) in [5.41, 5.74) is 1.41. The summed E-state index contributed by atoms with van der Waals surface area (Å²) in [5.74, 6) is -1.81. The Morgan fingerprint density at radius 2 is 1.96 bits per heavy atom. The summed E-state index contributed by atoms with van der Waals surface area (Å²) in [6, 6.07) is 6.98. The summed E-state index contributed by atoms with van der Waals surface area (Å²) in [5, 5.41) is 13.7. The Balaban J connectivity index is 1.97. The average molecular weight is 360 g/mol. The van der Waals surface area contributed by atoms with E-state index in [-0.39, 0.29) is 13.0 Å². The van der Waals surface area contributed by atoms with Gasteiger partial charge in [0.05, 0.1) is 6.33 Å². The van der Waals surface area contributed by atoms with Crippen molar-refractivity contribution in [3.63, 3.8) is 0 Å². The zero-order valence-corrected chi connectivity index (χ0v) is 14.1. The lowest BCUT2D eigenvalue weighted by Crippen LogP contribution is -2.51. The van der Waals surface area contributed by atoms with Crippen LogP contribution in [0.15, 0.2) is 42.9 Å². The number of rotatable bonds is 8. The number of carbonyl (C=O) groups excluding carboxylic acids is 2. The molecule has 0 bridgehead atoms. The highest BCUT2D eigenvalue weighted by Gasteiger charge is 2.25. The molecule has 1 aromatic heterocycles. The van der Waals surface area contributed by atoms with E-state index in [1.807, 2.05) is 18.2 Å². The first kappa shape index (κ1) is 19.0. The Bertz CT molecular complexity index is 733. The van der Waals surface area contributed by atoms with Crippen molar-refractivity contribution >= 4 is 18.0 Å². The summed E-state index contributed by atoms with van der Waals surface area (Å²) < 4.78 is 5.11. The normalized spacial score (nSPS) is 12.7. The van der Waals surface area contributed by atoms with E-state index >= 15 is 0 Å². The molecule has 2 amide bonds. The standard InChI is InChI=1S/C17H20N4O5/c1-11(16(23)24)20-15(22)14(7-13-8-18-10-19-13)21-17(25)26-9-12-5-3-2-4-6-12/h2-6,8,10-11,14H,7,9H2,1H3,(H,18,19)(H,20,22)(H,21,25)(H,23,24)/t11-,14+/m1/s1. The van der Waals surface area contributed by atoms with Gasteiger partial charge in [0.15, 0.2) is 0 Å². The molecule has 4 N–H and O–H groups in total. The van der Waals surface area contributed by atoms with Crippen LogP contribution in [0.1, 0.15) is 18.2 Å². The van der Waals surface area contributed by atoms with Crippen LogP contribution in [0, 0.1) is 0 Å².